The monoisotopic (exact) mass is 458 g/mol. The first kappa shape index (κ1) is 22.7. The number of hydrogen-bond acceptors (Lipinski definition) is 4. The summed E-state index contributed by atoms with van der Waals surface area (Å²) in [5, 5.41) is 3.57. The third kappa shape index (κ3) is 5.11. The number of benzene rings is 2. The van der Waals surface area contributed by atoms with Crippen molar-refractivity contribution in [3.63, 3.8) is 0 Å². The molecule has 4 rings (SSSR count). The predicted octanol–water partition coefficient (Wildman–Crippen LogP) is 3.11. The van der Waals surface area contributed by atoms with Crippen molar-refractivity contribution in [1.82, 2.24) is 21.1 Å². The van der Waals surface area contributed by atoms with Crippen molar-refractivity contribution in [2.45, 2.75) is 32.4 Å². The lowest BCUT2D eigenvalue weighted by molar-refractivity contribution is -0.139. The molecule has 0 radical (unpaired) electrons. The molecule has 2 aliphatic rings. The Morgan fingerprint density at radius 3 is 2.56 bits per heavy atom. The van der Waals surface area contributed by atoms with Gasteiger partial charge in [0.25, 0.3) is 0 Å². The zero-order chi connectivity index (χ0) is 22.7. The lowest BCUT2D eigenvalue weighted by Gasteiger charge is -2.34. The van der Waals surface area contributed by atoms with Crippen molar-refractivity contribution in [3.8, 4) is 0 Å². The first-order chi connectivity index (χ1) is 15.4. The molecule has 0 spiro atoms. The number of halogens is 2. The molecule has 2 saturated heterocycles. The summed E-state index contributed by atoms with van der Waals surface area (Å²) >= 11 is 5.99. The molecule has 32 heavy (non-hydrogen) atoms. The highest BCUT2D eigenvalue weighted by atomic mass is 35.5. The summed E-state index contributed by atoms with van der Waals surface area (Å²) in [7, 11) is 0. The largest absolute Gasteiger partial charge is 0.352 e. The summed E-state index contributed by atoms with van der Waals surface area (Å²) in [5.41, 5.74) is 8.64. The van der Waals surface area contributed by atoms with Crippen LogP contribution in [0.25, 0.3) is 0 Å². The first-order valence-electron chi connectivity index (χ1n) is 11.0. The molecule has 0 bridgehead atoms. The molecular weight excluding hydrogens is 431 g/mol. The van der Waals surface area contributed by atoms with Crippen molar-refractivity contribution in [2.75, 3.05) is 19.6 Å². The molecule has 2 aromatic carbocycles. The summed E-state index contributed by atoms with van der Waals surface area (Å²) in [6.45, 7) is 3.68. The number of rotatable bonds is 5. The van der Waals surface area contributed by atoms with E-state index in [1.807, 2.05) is 35.2 Å². The molecule has 2 fully saturated rings. The Morgan fingerprint density at radius 1 is 1.16 bits per heavy atom. The Kier molecular flexibility index (Phi) is 7.08. The molecule has 3 N–H and O–H groups in total. The number of hydrogen-bond donors (Lipinski definition) is 3. The molecule has 2 heterocycles. The summed E-state index contributed by atoms with van der Waals surface area (Å²) in [6.07, 6.45) is 1.25. The number of piperidine rings is 1. The highest BCUT2D eigenvalue weighted by Crippen LogP contribution is 2.29. The second-order valence-electron chi connectivity index (χ2n) is 8.56. The van der Waals surface area contributed by atoms with E-state index >= 15 is 0 Å². The quantitative estimate of drug-likeness (QED) is 0.643. The molecule has 2 aliphatic heterocycles. The topological polar surface area (TPSA) is 73.5 Å². The molecule has 2 atom stereocenters. The normalized spacial score (nSPS) is 21.5. The minimum Gasteiger partial charge on any atom is -0.352 e. The Bertz CT molecular complexity index is 976. The van der Waals surface area contributed by atoms with Gasteiger partial charge in [-0.25, -0.2) is 9.82 Å². The maximum Gasteiger partial charge on any atom is 0.229 e. The van der Waals surface area contributed by atoms with Gasteiger partial charge >= 0.3 is 0 Å². The third-order valence-corrected chi connectivity index (χ3v) is 6.66. The van der Waals surface area contributed by atoms with Crippen molar-refractivity contribution < 1.29 is 14.0 Å². The van der Waals surface area contributed by atoms with Gasteiger partial charge in [0.05, 0.1) is 12.0 Å². The van der Waals surface area contributed by atoms with E-state index in [9.17, 15) is 14.0 Å². The first-order valence-corrected chi connectivity index (χ1v) is 11.4. The molecule has 0 saturated carbocycles. The number of nitrogens with one attached hydrogen (secondary N) is 3. The number of carbonyl (C=O) groups excluding carboxylic acids is 2. The Labute approximate surface area is 192 Å². The average molecular weight is 459 g/mol. The fraction of sp³-hybridized carbons (Fsp3) is 0.417. The third-order valence-electron chi connectivity index (χ3n) is 6.41. The van der Waals surface area contributed by atoms with Crippen LogP contribution in [-0.2, 0) is 16.1 Å². The maximum atomic E-state index is 13.7. The molecule has 6 nitrogen and oxygen atoms in total. The minimum atomic E-state index is -0.267. The van der Waals surface area contributed by atoms with Gasteiger partial charge in [-0.3, -0.25) is 15.0 Å². The van der Waals surface area contributed by atoms with Crippen LogP contribution < -0.4 is 16.2 Å². The smallest absolute Gasteiger partial charge is 0.229 e. The van der Waals surface area contributed by atoms with E-state index in [-0.39, 0.29) is 35.5 Å². The molecule has 8 heteroatoms. The second-order valence-corrected chi connectivity index (χ2v) is 9.00. The standard InChI is InChI=1S/C24H28ClFN4O2/c1-15-2-3-16(12-21(15)26)13-27-23(31)18-8-10-30(11-9-18)24(32)20-14-28-29-22(20)17-4-6-19(25)7-5-17/h2-7,12,18,20,22,28-29H,8-11,13-14H2,1H3,(H,27,31). The van der Waals surface area contributed by atoms with Gasteiger partial charge < -0.3 is 10.2 Å². The zero-order valence-corrected chi connectivity index (χ0v) is 18.8. The summed E-state index contributed by atoms with van der Waals surface area (Å²) in [6, 6.07) is 12.4. The van der Waals surface area contributed by atoms with Crippen molar-refractivity contribution in [1.29, 1.82) is 0 Å². The fourth-order valence-electron chi connectivity index (χ4n) is 4.39. The van der Waals surface area contributed by atoms with E-state index in [1.54, 1.807) is 13.0 Å². The van der Waals surface area contributed by atoms with Gasteiger partial charge in [0.1, 0.15) is 5.82 Å². The van der Waals surface area contributed by atoms with Crippen LogP contribution in [0.2, 0.25) is 5.02 Å². The van der Waals surface area contributed by atoms with Gasteiger partial charge in [-0.2, -0.15) is 0 Å². The van der Waals surface area contributed by atoms with Crippen molar-refractivity contribution in [2.24, 2.45) is 11.8 Å². The van der Waals surface area contributed by atoms with E-state index < -0.39 is 0 Å². The highest BCUT2D eigenvalue weighted by Gasteiger charge is 2.38. The Morgan fingerprint density at radius 2 is 1.88 bits per heavy atom. The minimum absolute atomic E-state index is 0.0404. The summed E-state index contributed by atoms with van der Waals surface area (Å²) in [4.78, 5) is 27.6. The van der Waals surface area contributed by atoms with E-state index in [0.29, 0.717) is 49.6 Å². The zero-order valence-electron chi connectivity index (χ0n) is 18.0. The van der Waals surface area contributed by atoms with Crippen LogP contribution in [0.3, 0.4) is 0 Å². The van der Waals surface area contributed by atoms with Crippen LogP contribution in [0.5, 0.6) is 0 Å². The van der Waals surface area contributed by atoms with E-state index in [4.69, 9.17) is 11.6 Å². The van der Waals surface area contributed by atoms with Crippen LogP contribution in [0.4, 0.5) is 4.39 Å². The number of nitrogens with zero attached hydrogens (tertiary/aromatic N) is 1. The molecule has 170 valence electrons. The number of likely N-dealkylation sites (tertiary alicyclic amines) is 1. The Hall–Kier alpha value is -2.48. The van der Waals surface area contributed by atoms with Crippen molar-refractivity contribution in [3.05, 3.63) is 70.0 Å². The summed E-state index contributed by atoms with van der Waals surface area (Å²) < 4.78 is 13.7. The molecule has 2 amide bonds. The van der Waals surface area contributed by atoms with Gasteiger partial charge in [0, 0.05) is 37.1 Å². The van der Waals surface area contributed by atoms with Crippen LogP contribution in [0, 0.1) is 24.6 Å². The predicted molar refractivity (Wildman–Crippen MR) is 121 cm³/mol. The summed E-state index contributed by atoms with van der Waals surface area (Å²) in [5.74, 6) is -0.562. The molecular formula is C24H28ClFN4O2. The van der Waals surface area contributed by atoms with Gasteiger partial charge in [-0.15, -0.1) is 0 Å². The van der Waals surface area contributed by atoms with Crippen LogP contribution in [0.15, 0.2) is 42.5 Å². The van der Waals surface area contributed by atoms with Gasteiger partial charge in [0.2, 0.25) is 11.8 Å². The van der Waals surface area contributed by atoms with Gasteiger partial charge in [0.15, 0.2) is 0 Å². The number of amides is 2. The van der Waals surface area contributed by atoms with Crippen molar-refractivity contribution >= 4 is 23.4 Å². The van der Waals surface area contributed by atoms with Gasteiger partial charge in [-0.1, -0.05) is 35.9 Å². The number of carbonyl (C=O) groups is 2. The SMILES string of the molecule is Cc1ccc(CNC(=O)C2CCN(C(=O)C3CNNC3c3ccc(Cl)cc3)CC2)cc1F. The Balaban J connectivity index is 1.29. The van der Waals surface area contributed by atoms with Crippen LogP contribution in [0.1, 0.15) is 35.6 Å². The molecule has 2 aromatic rings. The van der Waals surface area contributed by atoms with Gasteiger partial charge in [-0.05, 0) is 54.7 Å². The lowest BCUT2D eigenvalue weighted by atomic mass is 9.91. The lowest BCUT2D eigenvalue weighted by Crippen LogP contribution is -2.46. The number of hydrazine groups is 1. The second kappa shape index (κ2) is 9.98. The van der Waals surface area contributed by atoms with E-state index in [0.717, 1.165) is 11.1 Å². The highest BCUT2D eigenvalue weighted by molar-refractivity contribution is 6.30. The maximum absolute atomic E-state index is 13.7. The molecule has 2 unspecified atom stereocenters. The van der Waals surface area contributed by atoms with E-state index in [2.05, 4.69) is 16.2 Å². The van der Waals surface area contributed by atoms with Crippen LogP contribution >= 0.6 is 11.6 Å². The van der Waals surface area contributed by atoms with Crippen LogP contribution in [-0.4, -0.2) is 36.3 Å². The fourth-order valence-corrected chi connectivity index (χ4v) is 4.52. The van der Waals surface area contributed by atoms with E-state index in [1.165, 1.54) is 6.07 Å². The molecule has 0 aliphatic carbocycles. The average Bonchev–Trinajstić information content (AvgIpc) is 3.29. The number of aryl methyl sites for hydroxylation is 1. The molecule has 0 aromatic heterocycles.